The summed E-state index contributed by atoms with van der Waals surface area (Å²) in [6.45, 7) is 2.43. The van der Waals surface area contributed by atoms with Crippen LogP contribution < -0.4 is 14.2 Å². The first-order valence-corrected chi connectivity index (χ1v) is 11.9. The number of methoxy groups -OCH3 is 1. The van der Waals surface area contributed by atoms with Crippen LogP contribution in [0.2, 0.25) is 0 Å². The third kappa shape index (κ3) is 4.84. The summed E-state index contributed by atoms with van der Waals surface area (Å²) in [6, 6.07) is 13.0. The number of carbonyl (C=O) groups is 1. The maximum Gasteiger partial charge on any atom is 0.192 e. The molecule has 0 amide bonds. The fourth-order valence-electron chi connectivity index (χ4n) is 3.94. The Morgan fingerprint density at radius 3 is 2.67 bits per heavy atom. The number of fused-ring (bicyclic) bond motifs is 1. The van der Waals surface area contributed by atoms with Crippen LogP contribution in [0.1, 0.15) is 23.2 Å². The van der Waals surface area contributed by atoms with Gasteiger partial charge in [0, 0.05) is 17.7 Å². The second-order valence-electron chi connectivity index (χ2n) is 7.85. The van der Waals surface area contributed by atoms with Gasteiger partial charge in [0.2, 0.25) is 0 Å². The maximum atomic E-state index is 12.9. The van der Waals surface area contributed by atoms with Gasteiger partial charge in [0.1, 0.15) is 19.0 Å². The minimum atomic E-state index is -0.00497. The fraction of sp³-hybridized carbons (Fsp3) is 0.375. The van der Waals surface area contributed by atoms with Gasteiger partial charge in [-0.1, -0.05) is 11.8 Å². The Bertz CT molecular complexity index is 1130. The van der Waals surface area contributed by atoms with Gasteiger partial charge in [0.25, 0.3) is 0 Å². The minimum absolute atomic E-state index is 0.00497. The first kappa shape index (κ1) is 21.8. The summed E-state index contributed by atoms with van der Waals surface area (Å²) in [6.07, 6.45) is 2.17. The van der Waals surface area contributed by atoms with Gasteiger partial charge in [0.15, 0.2) is 28.3 Å². The first-order valence-electron chi connectivity index (χ1n) is 11.0. The van der Waals surface area contributed by atoms with Crippen molar-refractivity contribution in [3.05, 3.63) is 48.0 Å². The lowest BCUT2D eigenvalue weighted by Crippen LogP contribution is -2.17. The molecule has 0 radical (unpaired) electrons. The van der Waals surface area contributed by atoms with E-state index in [1.165, 1.54) is 11.8 Å². The number of Topliss-reactive ketones (excluding diaryl/α,β-unsaturated/α-hetero) is 1. The SMILES string of the molecule is COc1ccc(-c2nnc(SCC(=O)c3ccc4c(c3)OCCO4)n2C[C@H]2CCCO2)cc1. The molecule has 0 spiro atoms. The number of carbonyl (C=O) groups excluding carboxylic acids is 1. The zero-order chi connectivity index (χ0) is 22.6. The maximum absolute atomic E-state index is 12.9. The van der Waals surface area contributed by atoms with Crippen LogP contribution in [0.4, 0.5) is 0 Å². The van der Waals surface area contributed by atoms with E-state index in [0.29, 0.717) is 42.0 Å². The Kier molecular flexibility index (Phi) is 6.50. The van der Waals surface area contributed by atoms with Crippen LogP contribution in [-0.2, 0) is 11.3 Å². The number of benzene rings is 2. The molecule has 1 saturated heterocycles. The first-order chi connectivity index (χ1) is 16.2. The molecule has 9 heteroatoms. The van der Waals surface area contributed by atoms with E-state index in [1.54, 1.807) is 25.3 Å². The van der Waals surface area contributed by atoms with Crippen molar-refractivity contribution >= 4 is 17.5 Å². The molecule has 1 aromatic heterocycles. The molecule has 2 aliphatic heterocycles. The van der Waals surface area contributed by atoms with Gasteiger partial charge in [-0.15, -0.1) is 10.2 Å². The molecule has 0 aliphatic carbocycles. The van der Waals surface area contributed by atoms with Gasteiger partial charge in [-0.25, -0.2) is 0 Å². The minimum Gasteiger partial charge on any atom is -0.497 e. The molecule has 3 heterocycles. The molecule has 0 unspecified atom stereocenters. The second kappa shape index (κ2) is 9.84. The van der Waals surface area contributed by atoms with Crippen molar-refractivity contribution < 1.29 is 23.7 Å². The van der Waals surface area contributed by atoms with Crippen molar-refractivity contribution in [3.8, 4) is 28.6 Å². The molecule has 0 N–H and O–H groups in total. The lowest BCUT2D eigenvalue weighted by molar-refractivity contribution is 0.0953. The molecule has 5 rings (SSSR count). The third-order valence-electron chi connectivity index (χ3n) is 5.67. The molecule has 172 valence electrons. The van der Waals surface area contributed by atoms with Crippen molar-refractivity contribution in [1.29, 1.82) is 0 Å². The fourth-order valence-corrected chi connectivity index (χ4v) is 4.78. The van der Waals surface area contributed by atoms with E-state index in [0.717, 1.165) is 36.6 Å². The summed E-state index contributed by atoms with van der Waals surface area (Å²) >= 11 is 1.38. The molecule has 33 heavy (non-hydrogen) atoms. The van der Waals surface area contributed by atoms with Crippen molar-refractivity contribution in [1.82, 2.24) is 14.8 Å². The van der Waals surface area contributed by atoms with Crippen LogP contribution in [-0.4, -0.2) is 59.3 Å². The van der Waals surface area contributed by atoms with Gasteiger partial charge < -0.3 is 18.9 Å². The Hall–Kier alpha value is -3.04. The number of thioether (sulfide) groups is 1. The highest BCUT2D eigenvalue weighted by molar-refractivity contribution is 7.99. The van der Waals surface area contributed by atoms with E-state index < -0.39 is 0 Å². The summed E-state index contributed by atoms with van der Waals surface area (Å²) in [5.41, 5.74) is 1.53. The van der Waals surface area contributed by atoms with Gasteiger partial charge in [-0.2, -0.15) is 0 Å². The Labute approximate surface area is 196 Å². The van der Waals surface area contributed by atoms with Gasteiger partial charge >= 0.3 is 0 Å². The Morgan fingerprint density at radius 2 is 1.91 bits per heavy atom. The molecule has 0 saturated carbocycles. The molecular formula is C24H25N3O5S. The summed E-state index contributed by atoms with van der Waals surface area (Å²) in [7, 11) is 1.64. The molecule has 3 aromatic rings. The van der Waals surface area contributed by atoms with Crippen LogP contribution in [0, 0.1) is 0 Å². The highest BCUT2D eigenvalue weighted by Gasteiger charge is 2.23. The van der Waals surface area contributed by atoms with E-state index in [4.69, 9.17) is 18.9 Å². The van der Waals surface area contributed by atoms with Crippen LogP contribution in [0.15, 0.2) is 47.6 Å². The molecule has 0 bridgehead atoms. The Balaban J connectivity index is 1.35. The molecule has 8 nitrogen and oxygen atoms in total. The highest BCUT2D eigenvalue weighted by atomic mass is 32.2. The predicted octanol–water partition coefficient (Wildman–Crippen LogP) is 3.88. The van der Waals surface area contributed by atoms with Crippen molar-refractivity contribution in [2.24, 2.45) is 0 Å². The number of ketones is 1. The van der Waals surface area contributed by atoms with Crippen molar-refractivity contribution in [2.45, 2.75) is 30.6 Å². The van der Waals surface area contributed by atoms with Crippen molar-refractivity contribution in [3.63, 3.8) is 0 Å². The number of hydrogen-bond donors (Lipinski definition) is 0. The molecule has 2 aliphatic rings. The zero-order valence-corrected chi connectivity index (χ0v) is 19.2. The molecule has 1 fully saturated rings. The van der Waals surface area contributed by atoms with E-state index >= 15 is 0 Å². The van der Waals surface area contributed by atoms with E-state index in [1.807, 2.05) is 24.3 Å². The number of ether oxygens (including phenoxy) is 4. The summed E-state index contributed by atoms with van der Waals surface area (Å²) in [5.74, 6) is 3.05. The highest BCUT2D eigenvalue weighted by Crippen LogP contribution is 2.32. The monoisotopic (exact) mass is 467 g/mol. The normalized spacial score (nSPS) is 17.2. The smallest absolute Gasteiger partial charge is 0.192 e. The molecule has 2 aromatic carbocycles. The number of rotatable bonds is 8. The van der Waals surface area contributed by atoms with Crippen molar-refractivity contribution in [2.75, 3.05) is 32.7 Å². The second-order valence-corrected chi connectivity index (χ2v) is 8.79. The van der Waals surface area contributed by atoms with Gasteiger partial charge in [-0.05, 0) is 55.3 Å². The average Bonchev–Trinajstić information content (AvgIpc) is 3.52. The lowest BCUT2D eigenvalue weighted by atomic mass is 10.1. The van der Waals surface area contributed by atoms with Crippen LogP contribution in [0.3, 0.4) is 0 Å². The van der Waals surface area contributed by atoms with Gasteiger partial charge in [-0.3, -0.25) is 9.36 Å². The number of nitrogens with zero attached hydrogens (tertiary/aromatic N) is 3. The summed E-state index contributed by atoms with van der Waals surface area (Å²) in [5, 5.41) is 9.54. The summed E-state index contributed by atoms with van der Waals surface area (Å²) < 4.78 is 24.3. The zero-order valence-electron chi connectivity index (χ0n) is 18.4. The number of hydrogen-bond acceptors (Lipinski definition) is 8. The van der Waals surface area contributed by atoms with E-state index in [2.05, 4.69) is 14.8 Å². The molecule has 1 atom stereocenters. The summed E-state index contributed by atoms with van der Waals surface area (Å²) in [4.78, 5) is 12.9. The quantitative estimate of drug-likeness (QED) is 0.365. The lowest BCUT2D eigenvalue weighted by Gasteiger charge is -2.18. The third-order valence-corrected chi connectivity index (χ3v) is 6.64. The van der Waals surface area contributed by atoms with Crippen LogP contribution in [0.5, 0.6) is 17.2 Å². The Morgan fingerprint density at radius 1 is 1.09 bits per heavy atom. The van der Waals surface area contributed by atoms with Gasteiger partial charge in [0.05, 0.1) is 25.5 Å². The van der Waals surface area contributed by atoms with Crippen LogP contribution >= 0.6 is 11.8 Å². The van der Waals surface area contributed by atoms with E-state index in [-0.39, 0.29) is 17.6 Å². The average molecular weight is 468 g/mol. The van der Waals surface area contributed by atoms with E-state index in [9.17, 15) is 4.79 Å². The molecular weight excluding hydrogens is 442 g/mol. The number of aromatic nitrogens is 3. The standard InChI is InChI=1S/C24H25N3O5S/c1-29-18-7-4-16(5-8-18)23-25-26-24(27(23)14-19-3-2-10-30-19)33-15-20(28)17-6-9-21-22(13-17)32-12-11-31-21/h4-9,13,19H,2-3,10-12,14-15H2,1H3/t19-/m1/s1. The van der Waals surface area contributed by atoms with Crippen LogP contribution in [0.25, 0.3) is 11.4 Å². The predicted molar refractivity (Wildman–Crippen MR) is 123 cm³/mol. The topological polar surface area (TPSA) is 84.7 Å². The largest absolute Gasteiger partial charge is 0.497 e.